The van der Waals surface area contributed by atoms with Gasteiger partial charge in [0.2, 0.25) is 0 Å². The predicted molar refractivity (Wildman–Crippen MR) is 96.1 cm³/mol. The fourth-order valence-corrected chi connectivity index (χ4v) is 3.65. The highest BCUT2D eigenvalue weighted by Crippen LogP contribution is 2.22. The van der Waals surface area contributed by atoms with Gasteiger partial charge in [0.15, 0.2) is 0 Å². The van der Waals surface area contributed by atoms with Gasteiger partial charge in [-0.2, -0.15) is 0 Å². The zero-order valence-electron chi connectivity index (χ0n) is 15.0. The number of hydrogen-bond donors (Lipinski definition) is 0. The first kappa shape index (κ1) is 20.3. The maximum atomic E-state index is 10.7. The Labute approximate surface area is 144 Å². The van der Waals surface area contributed by atoms with Gasteiger partial charge < -0.3 is 14.5 Å². The van der Waals surface area contributed by atoms with Crippen molar-refractivity contribution in [2.24, 2.45) is 5.92 Å². The molecule has 7 heteroatoms. The Morgan fingerprint density at radius 3 is 2.74 bits per heavy atom. The van der Waals surface area contributed by atoms with Crippen molar-refractivity contribution in [1.82, 2.24) is 9.80 Å². The molecule has 0 aromatic carbocycles. The van der Waals surface area contributed by atoms with Crippen LogP contribution in [0.3, 0.4) is 0 Å². The monoisotopic (exact) mass is 345 g/mol. The molecule has 0 N–H and O–H groups in total. The molecular formula is C16H31N3O3S. The van der Waals surface area contributed by atoms with Crippen molar-refractivity contribution in [3.8, 4) is 0 Å². The number of hydrogen-bond acceptors (Lipinski definition) is 6. The van der Waals surface area contributed by atoms with Gasteiger partial charge in [-0.15, -0.1) is 11.8 Å². The van der Waals surface area contributed by atoms with Crippen LogP contribution in [0.25, 0.3) is 0 Å². The third-order valence-electron chi connectivity index (χ3n) is 4.49. The van der Waals surface area contributed by atoms with E-state index in [1.807, 2.05) is 18.2 Å². The Morgan fingerprint density at radius 1 is 1.57 bits per heavy atom. The van der Waals surface area contributed by atoms with Crippen LogP contribution in [0.2, 0.25) is 0 Å². The van der Waals surface area contributed by atoms with Crippen LogP contribution in [0, 0.1) is 16.0 Å². The van der Waals surface area contributed by atoms with Gasteiger partial charge in [0.25, 0.3) is 6.20 Å². The van der Waals surface area contributed by atoms with Gasteiger partial charge in [0.05, 0.1) is 17.6 Å². The second kappa shape index (κ2) is 10.2. The molecule has 1 saturated heterocycles. The van der Waals surface area contributed by atoms with Crippen LogP contribution in [-0.4, -0.2) is 66.4 Å². The molecule has 0 aromatic rings. The van der Waals surface area contributed by atoms with Crippen LogP contribution in [0.5, 0.6) is 0 Å². The summed E-state index contributed by atoms with van der Waals surface area (Å²) in [4.78, 5) is 14.7. The number of nitrogens with zero attached hydrogens (tertiary/aromatic N) is 3. The molecule has 3 atom stereocenters. The number of ether oxygens (including phenoxy) is 1. The van der Waals surface area contributed by atoms with E-state index in [2.05, 4.69) is 25.7 Å². The van der Waals surface area contributed by atoms with Crippen molar-refractivity contribution < 1.29 is 9.66 Å². The average molecular weight is 346 g/mol. The third kappa shape index (κ3) is 7.10. The van der Waals surface area contributed by atoms with Gasteiger partial charge >= 0.3 is 0 Å². The first-order valence-electron chi connectivity index (χ1n) is 8.33. The SMILES string of the molecule is CCN(CC1COC(C)C1)C(C)CCN(C)C(=C[N+](=O)[O-])SC. The van der Waals surface area contributed by atoms with Gasteiger partial charge in [-0.25, -0.2) is 0 Å². The molecule has 6 nitrogen and oxygen atoms in total. The minimum Gasteiger partial charge on any atom is -0.378 e. The fraction of sp³-hybridized carbons (Fsp3) is 0.875. The standard InChI is InChI=1S/C16H31N3O3S/c1-6-18(10-15-9-14(3)22-12-15)13(2)7-8-17(4)16(23-5)11-19(20)21/h11,13-15H,6-10,12H2,1-5H3. The van der Waals surface area contributed by atoms with Crippen LogP contribution in [0.4, 0.5) is 0 Å². The van der Waals surface area contributed by atoms with E-state index >= 15 is 0 Å². The first-order valence-corrected chi connectivity index (χ1v) is 9.55. The molecule has 0 aliphatic carbocycles. The molecule has 1 fully saturated rings. The van der Waals surface area contributed by atoms with E-state index in [-0.39, 0.29) is 4.92 Å². The van der Waals surface area contributed by atoms with Crippen molar-refractivity contribution in [2.45, 2.75) is 45.8 Å². The maximum Gasteiger partial charge on any atom is 0.264 e. The predicted octanol–water partition coefficient (Wildman–Crippen LogP) is 2.88. The topological polar surface area (TPSA) is 58.8 Å². The van der Waals surface area contributed by atoms with E-state index in [0.717, 1.165) is 45.3 Å². The lowest BCUT2D eigenvalue weighted by Gasteiger charge is -2.31. The molecule has 0 spiro atoms. The molecule has 0 amide bonds. The van der Waals surface area contributed by atoms with Crippen molar-refractivity contribution in [3.63, 3.8) is 0 Å². The first-order chi connectivity index (χ1) is 10.9. The average Bonchev–Trinajstić information content (AvgIpc) is 2.92. The van der Waals surface area contributed by atoms with E-state index in [9.17, 15) is 10.1 Å². The summed E-state index contributed by atoms with van der Waals surface area (Å²) in [7, 11) is 1.92. The minimum absolute atomic E-state index is 0.384. The molecule has 1 rings (SSSR count). The van der Waals surface area contributed by atoms with Crippen LogP contribution in [0.15, 0.2) is 11.2 Å². The van der Waals surface area contributed by atoms with E-state index in [0.29, 0.717) is 23.1 Å². The quantitative estimate of drug-likeness (QED) is 0.448. The minimum atomic E-state index is -0.384. The third-order valence-corrected chi connectivity index (χ3v) is 5.32. The van der Waals surface area contributed by atoms with Crippen molar-refractivity contribution in [2.75, 3.05) is 39.5 Å². The molecule has 0 radical (unpaired) electrons. The molecule has 23 heavy (non-hydrogen) atoms. The Hall–Kier alpha value is -0.790. The van der Waals surface area contributed by atoms with E-state index in [1.54, 1.807) is 0 Å². The summed E-state index contributed by atoms with van der Waals surface area (Å²) in [6, 6.07) is 0.456. The lowest BCUT2D eigenvalue weighted by molar-refractivity contribution is -0.403. The second-order valence-electron chi connectivity index (χ2n) is 6.35. The summed E-state index contributed by atoms with van der Waals surface area (Å²) < 4.78 is 5.66. The second-order valence-corrected chi connectivity index (χ2v) is 7.18. The Balaban J connectivity index is 2.46. The molecule has 1 heterocycles. The molecule has 0 saturated carbocycles. The van der Waals surface area contributed by atoms with Gasteiger partial charge in [0.1, 0.15) is 5.03 Å². The van der Waals surface area contributed by atoms with Crippen molar-refractivity contribution >= 4 is 11.8 Å². The Morgan fingerprint density at radius 2 is 2.26 bits per heavy atom. The smallest absolute Gasteiger partial charge is 0.264 e. The van der Waals surface area contributed by atoms with Gasteiger partial charge in [-0.05, 0) is 45.4 Å². The number of nitro groups is 1. The normalized spacial score (nSPS) is 23.3. The van der Waals surface area contributed by atoms with Gasteiger partial charge in [0, 0.05) is 26.2 Å². The van der Waals surface area contributed by atoms with Crippen LogP contribution >= 0.6 is 11.8 Å². The summed E-state index contributed by atoms with van der Waals surface area (Å²) in [5.41, 5.74) is 0. The lowest BCUT2D eigenvalue weighted by Crippen LogP contribution is -2.39. The molecule has 134 valence electrons. The van der Waals surface area contributed by atoms with Crippen LogP contribution < -0.4 is 0 Å². The summed E-state index contributed by atoms with van der Waals surface area (Å²) in [5, 5.41) is 11.4. The molecule has 1 aliphatic heterocycles. The molecule has 3 unspecified atom stereocenters. The molecule has 0 bridgehead atoms. The van der Waals surface area contributed by atoms with Crippen molar-refractivity contribution in [1.29, 1.82) is 0 Å². The summed E-state index contributed by atoms with van der Waals surface area (Å²) in [6.45, 7) is 10.4. The highest BCUT2D eigenvalue weighted by Gasteiger charge is 2.25. The number of thioether (sulfide) groups is 1. The van der Waals surface area contributed by atoms with Crippen LogP contribution in [-0.2, 0) is 4.74 Å². The van der Waals surface area contributed by atoms with E-state index in [4.69, 9.17) is 4.74 Å². The van der Waals surface area contributed by atoms with Crippen molar-refractivity contribution in [3.05, 3.63) is 21.3 Å². The summed E-state index contributed by atoms with van der Waals surface area (Å²) >= 11 is 1.41. The summed E-state index contributed by atoms with van der Waals surface area (Å²) in [5.74, 6) is 0.626. The summed E-state index contributed by atoms with van der Waals surface area (Å²) in [6.07, 6.45) is 5.48. The highest BCUT2D eigenvalue weighted by atomic mass is 32.2. The zero-order chi connectivity index (χ0) is 17.4. The molecular weight excluding hydrogens is 314 g/mol. The largest absolute Gasteiger partial charge is 0.378 e. The fourth-order valence-electron chi connectivity index (χ4n) is 3.06. The number of rotatable bonds is 10. The Bertz CT molecular complexity index is 406. The molecule has 1 aliphatic rings. The maximum absolute atomic E-state index is 10.7. The highest BCUT2D eigenvalue weighted by molar-refractivity contribution is 8.02. The van der Waals surface area contributed by atoms with E-state index in [1.165, 1.54) is 11.8 Å². The Kier molecular flexibility index (Phi) is 8.94. The zero-order valence-corrected chi connectivity index (χ0v) is 15.8. The van der Waals surface area contributed by atoms with Gasteiger partial charge in [-0.1, -0.05) is 6.92 Å². The van der Waals surface area contributed by atoms with Gasteiger partial charge in [-0.3, -0.25) is 10.1 Å². The van der Waals surface area contributed by atoms with E-state index < -0.39 is 0 Å². The lowest BCUT2D eigenvalue weighted by atomic mass is 10.0. The van der Waals surface area contributed by atoms with Crippen LogP contribution in [0.1, 0.15) is 33.6 Å². The molecule has 0 aromatic heterocycles.